The maximum Gasteiger partial charge on any atom is 0.273 e. The van der Waals surface area contributed by atoms with E-state index in [0.717, 1.165) is 28.2 Å². The predicted molar refractivity (Wildman–Crippen MR) is 108 cm³/mol. The molecule has 140 valence electrons. The van der Waals surface area contributed by atoms with E-state index >= 15 is 0 Å². The summed E-state index contributed by atoms with van der Waals surface area (Å²) in [5.41, 5.74) is 3.89. The Morgan fingerprint density at radius 1 is 0.964 bits per heavy atom. The molecule has 2 aromatic heterocycles. The van der Waals surface area contributed by atoms with E-state index in [-0.39, 0.29) is 17.6 Å². The minimum atomic E-state index is -0.384. The minimum absolute atomic E-state index is 0.121. The molecule has 0 spiro atoms. The quantitative estimate of drug-likeness (QED) is 0.544. The number of nitrogens with one attached hydrogen (secondary N) is 2. The molecule has 0 fully saturated rings. The van der Waals surface area contributed by atoms with Crippen LogP contribution in [0.15, 0.2) is 66.7 Å². The van der Waals surface area contributed by atoms with Gasteiger partial charge in [-0.05, 0) is 44.2 Å². The lowest BCUT2D eigenvalue weighted by atomic mass is 9.96. The van der Waals surface area contributed by atoms with Gasteiger partial charge in [0.15, 0.2) is 0 Å². The second kappa shape index (κ2) is 7.27. The molecule has 2 aromatic carbocycles. The van der Waals surface area contributed by atoms with Crippen molar-refractivity contribution in [1.29, 1.82) is 0 Å². The van der Waals surface area contributed by atoms with E-state index in [2.05, 4.69) is 15.3 Å². The number of hydrogen-bond donors (Lipinski definition) is 2. The van der Waals surface area contributed by atoms with E-state index in [0.29, 0.717) is 11.1 Å². The number of benzene rings is 2. The van der Waals surface area contributed by atoms with Crippen LogP contribution in [0, 0.1) is 19.7 Å². The van der Waals surface area contributed by atoms with Crippen molar-refractivity contribution in [2.45, 2.75) is 19.9 Å². The first-order chi connectivity index (χ1) is 13.5. The van der Waals surface area contributed by atoms with E-state index in [1.807, 2.05) is 56.3 Å². The Morgan fingerprint density at radius 2 is 1.71 bits per heavy atom. The Hall–Kier alpha value is -3.47. The second-order valence-electron chi connectivity index (χ2n) is 6.90. The molecule has 28 heavy (non-hydrogen) atoms. The fourth-order valence-corrected chi connectivity index (χ4v) is 3.34. The molecular weight excluding hydrogens is 353 g/mol. The lowest BCUT2D eigenvalue weighted by Gasteiger charge is -2.18. The third-order valence-electron chi connectivity index (χ3n) is 4.76. The van der Waals surface area contributed by atoms with Crippen molar-refractivity contribution >= 4 is 16.7 Å². The van der Waals surface area contributed by atoms with Crippen LogP contribution in [0.1, 0.15) is 28.6 Å². The highest BCUT2D eigenvalue weighted by Crippen LogP contribution is 2.36. The van der Waals surface area contributed by atoms with Gasteiger partial charge in [0, 0.05) is 28.3 Å². The fraction of sp³-hybridized carbons (Fsp3) is 0.130. The van der Waals surface area contributed by atoms with Gasteiger partial charge >= 0.3 is 0 Å². The van der Waals surface area contributed by atoms with Crippen LogP contribution in [0.2, 0.25) is 0 Å². The number of aromatic hydroxyl groups is 1. The topological polar surface area (TPSA) is 59.3 Å². The van der Waals surface area contributed by atoms with E-state index in [9.17, 15) is 9.50 Å². The zero-order valence-corrected chi connectivity index (χ0v) is 15.7. The van der Waals surface area contributed by atoms with Crippen molar-refractivity contribution in [1.82, 2.24) is 4.98 Å². The third kappa shape index (κ3) is 3.51. The highest BCUT2D eigenvalue weighted by Gasteiger charge is 2.24. The molecule has 5 heteroatoms. The van der Waals surface area contributed by atoms with Crippen LogP contribution >= 0.6 is 0 Å². The number of aromatic amines is 1. The second-order valence-corrected chi connectivity index (χ2v) is 6.90. The van der Waals surface area contributed by atoms with Gasteiger partial charge in [-0.1, -0.05) is 30.3 Å². The maximum atomic E-state index is 13.5. The van der Waals surface area contributed by atoms with Gasteiger partial charge in [-0.25, -0.2) is 14.4 Å². The van der Waals surface area contributed by atoms with Gasteiger partial charge in [0.1, 0.15) is 23.1 Å². The zero-order chi connectivity index (χ0) is 19.7. The highest BCUT2D eigenvalue weighted by atomic mass is 19.1. The van der Waals surface area contributed by atoms with E-state index in [4.69, 9.17) is 0 Å². The number of H-pyrrole nitrogens is 1. The summed E-state index contributed by atoms with van der Waals surface area (Å²) in [6.45, 7) is 3.86. The number of hydrogen-bond acceptors (Lipinski definition) is 3. The molecule has 0 aliphatic carbocycles. The Bertz CT molecular complexity index is 1140. The number of fused-ring (bicyclic) bond motifs is 1. The molecule has 0 radical (unpaired) electrons. The normalized spacial score (nSPS) is 12.1. The first kappa shape index (κ1) is 17.9. The molecule has 0 unspecified atom stereocenters. The molecule has 0 aliphatic rings. The molecule has 4 nitrogen and oxygen atoms in total. The third-order valence-corrected chi connectivity index (χ3v) is 4.76. The summed E-state index contributed by atoms with van der Waals surface area (Å²) in [5.74, 6) is 0.617. The molecule has 0 saturated carbocycles. The minimum Gasteiger partial charge on any atom is -0.505 e. The monoisotopic (exact) mass is 374 g/mol. The van der Waals surface area contributed by atoms with Crippen molar-refractivity contribution in [2.75, 3.05) is 5.32 Å². The summed E-state index contributed by atoms with van der Waals surface area (Å²) in [7, 11) is 0. The smallest absolute Gasteiger partial charge is 0.273 e. The molecule has 0 saturated heterocycles. The van der Waals surface area contributed by atoms with Crippen molar-refractivity contribution in [2.24, 2.45) is 0 Å². The molecule has 4 aromatic rings. The first-order valence-corrected chi connectivity index (χ1v) is 9.11. The van der Waals surface area contributed by atoms with Crippen LogP contribution in [0.5, 0.6) is 5.75 Å². The number of phenolic OH excluding ortho intramolecular Hbond substituents is 1. The predicted octanol–water partition coefficient (Wildman–Crippen LogP) is 4.71. The summed E-state index contributed by atoms with van der Waals surface area (Å²) in [6, 6.07) is 19.4. The molecule has 0 aliphatic heterocycles. The van der Waals surface area contributed by atoms with Gasteiger partial charge in [0.25, 0.3) is 5.82 Å². The van der Waals surface area contributed by atoms with Crippen LogP contribution in [-0.2, 0) is 0 Å². The van der Waals surface area contributed by atoms with E-state index in [1.165, 1.54) is 12.1 Å². The van der Waals surface area contributed by atoms with Gasteiger partial charge in [0.05, 0.1) is 5.69 Å². The summed E-state index contributed by atoms with van der Waals surface area (Å²) in [4.78, 5) is 7.77. The number of anilines is 1. The standard InChI is InChI=1S/C23H20FN3O/c1-14-4-3-5-20(25-14)27-21(16-8-11-18(24)12-9-16)19-13-10-17-7-6-15(2)26-22(17)23(19)28/h3-13,21,28H,1-2H3,(H,25,27)/p+1/t21-/m0/s1. The van der Waals surface area contributed by atoms with Crippen LogP contribution < -0.4 is 10.3 Å². The molecule has 2 heterocycles. The Balaban J connectivity index is 1.86. The Kier molecular flexibility index (Phi) is 4.65. The van der Waals surface area contributed by atoms with Crippen LogP contribution in [-0.4, -0.2) is 10.1 Å². The Labute approximate surface area is 162 Å². The van der Waals surface area contributed by atoms with Crippen LogP contribution in [0.25, 0.3) is 10.9 Å². The average molecular weight is 374 g/mol. The van der Waals surface area contributed by atoms with Crippen LogP contribution in [0.4, 0.5) is 10.2 Å². The largest absolute Gasteiger partial charge is 0.505 e. The number of nitrogens with zero attached hydrogens (tertiary/aromatic N) is 1. The molecule has 1 atom stereocenters. The highest BCUT2D eigenvalue weighted by molar-refractivity contribution is 5.86. The zero-order valence-electron chi connectivity index (χ0n) is 15.7. The average Bonchev–Trinajstić information content (AvgIpc) is 2.68. The van der Waals surface area contributed by atoms with Crippen molar-refractivity contribution in [3.63, 3.8) is 0 Å². The summed E-state index contributed by atoms with van der Waals surface area (Å²) in [5, 5.41) is 15.3. The lowest BCUT2D eigenvalue weighted by molar-refractivity contribution is -0.371. The molecule has 0 amide bonds. The van der Waals surface area contributed by atoms with Crippen molar-refractivity contribution in [3.8, 4) is 5.75 Å². The number of pyridine rings is 2. The SMILES string of the molecule is Cc1ccc2ccc([C@@H](Nc3cccc(C)[nH+]3)c3ccc(F)cc3)c(O)c2n1. The van der Waals surface area contributed by atoms with Crippen molar-refractivity contribution < 1.29 is 14.5 Å². The van der Waals surface area contributed by atoms with E-state index < -0.39 is 0 Å². The summed E-state index contributed by atoms with van der Waals surface area (Å²) >= 11 is 0. The lowest BCUT2D eigenvalue weighted by Crippen LogP contribution is -2.20. The number of phenols is 1. The number of aryl methyl sites for hydroxylation is 2. The van der Waals surface area contributed by atoms with Gasteiger partial charge in [-0.2, -0.15) is 0 Å². The van der Waals surface area contributed by atoms with Gasteiger partial charge in [-0.3, -0.25) is 5.32 Å². The molecule has 0 bridgehead atoms. The van der Waals surface area contributed by atoms with E-state index in [1.54, 1.807) is 12.1 Å². The number of aromatic nitrogens is 2. The van der Waals surface area contributed by atoms with Crippen molar-refractivity contribution in [3.05, 3.63) is 95.1 Å². The summed E-state index contributed by atoms with van der Waals surface area (Å²) in [6.07, 6.45) is 0. The van der Waals surface area contributed by atoms with Gasteiger partial charge < -0.3 is 5.11 Å². The van der Waals surface area contributed by atoms with Crippen LogP contribution in [0.3, 0.4) is 0 Å². The number of rotatable bonds is 4. The van der Waals surface area contributed by atoms with Gasteiger partial charge in [0.2, 0.25) is 0 Å². The molecule has 4 rings (SSSR count). The summed E-state index contributed by atoms with van der Waals surface area (Å²) < 4.78 is 13.5. The molecule has 3 N–H and O–H groups in total. The fourth-order valence-electron chi connectivity index (χ4n) is 3.34. The van der Waals surface area contributed by atoms with Gasteiger partial charge in [-0.15, -0.1) is 0 Å². The first-order valence-electron chi connectivity index (χ1n) is 9.11. The maximum absolute atomic E-state index is 13.5. The Morgan fingerprint density at radius 3 is 2.46 bits per heavy atom. The molecular formula is C23H21FN3O+. The number of halogens is 1.